The van der Waals surface area contributed by atoms with Gasteiger partial charge in [-0.15, -0.1) is 0 Å². The van der Waals surface area contributed by atoms with E-state index in [9.17, 15) is 4.79 Å². The van der Waals surface area contributed by atoms with Gasteiger partial charge in [-0.1, -0.05) is 23.2 Å². The van der Waals surface area contributed by atoms with Gasteiger partial charge in [0, 0.05) is 29.9 Å². The largest absolute Gasteiger partial charge is 0.486 e. The second-order valence-corrected chi connectivity index (χ2v) is 9.77. The minimum atomic E-state index is -0.378. The molecule has 1 amide bonds. The fourth-order valence-corrected chi connectivity index (χ4v) is 5.52. The fourth-order valence-electron chi connectivity index (χ4n) is 4.85. The summed E-state index contributed by atoms with van der Waals surface area (Å²) >= 11 is 12.6. The maximum atomic E-state index is 12.8. The zero-order valence-corrected chi connectivity index (χ0v) is 20.5. The Morgan fingerprint density at radius 1 is 1.23 bits per heavy atom. The summed E-state index contributed by atoms with van der Waals surface area (Å²) in [6, 6.07) is 5.70. The minimum absolute atomic E-state index is 0.0616. The zero-order chi connectivity index (χ0) is 24.1. The van der Waals surface area contributed by atoms with Crippen molar-refractivity contribution < 1.29 is 9.53 Å². The Morgan fingerprint density at radius 3 is 2.80 bits per heavy atom. The second-order valence-electron chi connectivity index (χ2n) is 8.95. The molecule has 11 heteroatoms. The van der Waals surface area contributed by atoms with Gasteiger partial charge in [0.05, 0.1) is 46.0 Å². The Morgan fingerprint density at radius 2 is 2.06 bits per heavy atom. The molecule has 0 bridgehead atoms. The number of amides is 1. The highest BCUT2D eigenvalue weighted by Crippen LogP contribution is 2.35. The van der Waals surface area contributed by atoms with Crippen molar-refractivity contribution in [2.45, 2.75) is 32.5 Å². The molecule has 0 radical (unpaired) electrons. The molecule has 2 unspecified atom stereocenters. The predicted octanol–water partition coefficient (Wildman–Crippen LogP) is 4.25. The van der Waals surface area contributed by atoms with Gasteiger partial charge in [0.2, 0.25) is 5.91 Å². The Hall–Kier alpha value is -3.14. The van der Waals surface area contributed by atoms with Gasteiger partial charge in [-0.2, -0.15) is 5.10 Å². The zero-order valence-electron chi connectivity index (χ0n) is 18.9. The van der Waals surface area contributed by atoms with Crippen LogP contribution in [0.5, 0.6) is 5.75 Å². The number of rotatable bonds is 5. The first-order valence-corrected chi connectivity index (χ1v) is 12.2. The molecule has 3 N–H and O–H groups in total. The Bertz CT molecular complexity index is 1380. The number of nitrogens with zero attached hydrogens (tertiary/aromatic N) is 4. The molecule has 4 aromatic rings. The number of carbonyl (C=O) groups is 1. The number of aromatic nitrogens is 5. The average molecular weight is 512 g/mol. The summed E-state index contributed by atoms with van der Waals surface area (Å²) in [5.74, 6) is 1.57. The van der Waals surface area contributed by atoms with Gasteiger partial charge in [-0.3, -0.25) is 14.9 Å². The number of hydrogen-bond donors (Lipinski definition) is 3. The van der Waals surface area contributed by atoms with E-state index in [0.717, 1.165) is 41.8 Å². The number of ether oxygens (including phenoxy) is 1. The second kappa shape index (κ2) is 8.82. The fraction of sp³-hybridized carbons (Fsp3) is 0.333. The third kappa shape index (κ3) is 4.03. The predicted molar refractivity (Wildman–Crippen MR) is 132 cm³/mol. The summed E-state index contributed by atoms with van der Waals surface area (Å²) in [6.45, 7) is 4.60. The van der Waals surface area contributed by atoms with E-state index in [1.807, 2.05) is 30.0 Å². The number of H-pyrrole nitrogens is 2. The molecular formula is C24H23Cl2N7O2. The van der Waals surface area contributed by atoms with Crippen LogP contribution in [0.25, 0.3) is 22.4 Å². The first kappa shape index (κ1) is 22.3. The summed E-state index contributed by atoms with van der Waals surface area (Å²) in [5.41, 5.74) is 4.09. The lowest BCUT2D eigenvalue weighted by atomic mass is 10.1. The van der Waals surface area contributed by atoms with Crippen molar-refractivity contribution in [2.75, 3.05) is 13.1 Å². The van der Waals surface area contributed by atoms with Crippen LogP contribution in [0.15, 0.2) is 30.6 Å². The third-order valence-corrected chi connectivity index (χ3v) is 7.25. The summed E-state index contributed by atoms with van der Waals surface area (Å²) in [4.78, 5) is 26.8. The number of halogens is 2. The number of nitrogens with one attached hydrogen (secondary N) is 3. The molecule has 3 aromatic heterocycles. The van der Waals surface area contributed by atoms with Gasteiger partial charge in [0.15, 0.2) is 5.82 Å². The number of fused-ring (bicyclic) bond motifs is 2. The number of pyridine rings is 1. The highest BCUT2D eigenvalue weighted by Gasteiger charge is 2.33. The summed E-state index contributed by atoms with van der Waals surface area (Å²) in [7, 11) is 0. The summed E-state index contributed by atoms with van der Waals surface area (Å²) in [5, 5.41) is 12.6. The molecular weight excluding hydrogens is 489 g/mol. The van der Waals surface area contributed by atoms with Gasteiger partial charge in [-0.05, 0) is 38.1 Å². The lowest BCUT2D eigenvalue weighted by Gasteiger charge is -2.19. The van der Waals surface area contributed by atoms with E-state index >= 15 is 0 Å². The lowest BCUT2D eigenvalue weighted by Crippen LogP contribution is -2.33. The van der Waals surface area contributed by atoms with E-state index in [-0.39, 0.29) is 17.9 Å². The highest BCUT2D eigenvalue weighted by atomic mass is 35.5. The number of carbonyl (C=O) groups excluding carboxylic acids is 1. The van der Waals surface area contributed by atoms with Crippen LogP contribution in [0.3, 0.4) is 0 Å². The molecule has 9 nitrogen and oxygen atoms in total. The Balaban J connectivity index is 1.24. The van der Waals surface area contributed by atoms with Gasteiger partial charge in [0.25, 0.3) is 0 Å². The molecule has 1 fully saturated rings. The van der Waals surface area contributed by atoms with Crippen LogP contribution in [-0.4, -0.2) is 49.0 Å². The molecule has 5 heterocycles. The van der Waals surface area contributed by atoms with Crippen molar-refractivity contribution in [3.05, 3.63) is 57.6 Å². The summed E-state index contributed by atoms with van der Waals surface area (Å²) in [6.07, 6.45) is 3.62. The van der Waals surface area contributed by atoms with Crippen LogP contribution in [0.1, 0.15) is 36.4 Å². The minimum Gasteiger partial charge on any atom is -0.486 e. The number of hydrogen-bond acceptors (Lipinski definition) is 6. The van der Waals surface area contributed by atoms with E-state index < -0.39 is 0 Å². The maximum Gasteiger partial charge on any atom is 0.227 e. The van der Waals surface area contributed by atoms with E-state index in [2.05, 4.69) is 25.5 Å². The molecule has 2 aliphatic heterocycles. The van der Waals surface area contributed by atoms with Crippen LogP contribution in [0, 0.1) is 5.92 Å². The molecule has 2 atom stereocenters. The normalized spacial score (nSPS) is 18.3. The van der Waals surface area contributed by atoms with E-state index in [1.54, 1.807) is 12.4 Å². The molecule has 180 valence electrons. The molecule has 0 aliphatic carbocycles. The van der Waals surface area contributed by atoms with Crippen molar-refractivity contribution in [3.63, 3.8) is 0 Å². The summed E-state index contributed by atoms with van der Waals surface area (Å²) < 4.78 is 6.16. The van der Waals surface area contributed by atoms with Crippen molar-refractivity contribution in [1.29, 1.82) is 0 Å². The van der Waals surface area contributed by atoms with Crippen LogP contribution in [0.2, 0.25) is 10.0 Å². The molecule has 0 saturated carbocycles. The van der Waals surface area contributed by atoms with Crippen LogP contribution < -0.4 is 10.1 Å². The number of imidazole rings is 1. The van der Waals surface area contributed by atoms with Crippen LogP contribution in [0.4, 0.5) is 0 Å². The standard InChI is InChI=1S/C24H23Cl2N7O2/c1-12(21-16(25)8-28-9-17(21)26)35-14-2-3-18-15(6-14)22(32-31-18)23-29-19-10-33(11-20(19)30-23)24(34)13-4-5-27-7-13/h2-3,6,8-9,12-13,27H,4-5,7,10-11H2,1H3,(H,29,30)(H,31,32). The van der Waals surface area contributed by atoms with Crippen LogP contribution in [-0.2, 0) is 17.9 Å². The quantitative estimate of drug-likeness (QED) is 0.369. The maximum absolute atomic E-state index is 12.8. The Kier molecular flexibility index (Phi) is 5.63. The van der Waals surface area contributed by atoms with E-state index in [1.165, 1.54) is 0 Å². The van der Waals surface area contributed by atoms with Crippen molar-refractivity contribution in [1.82, 2.24) is 35.4 Å². The monoisotopic (exact) mass is 511 g/mol. The van der Waals surface area contributed by atoms with Gasteiger partial charge in [-0.25, -0.2) is 4.98 Å². The average Bonchev–Trinajstić information content (AvgIpc) is 3.61. The SMILES string of the molecule is CC(Oc1ccc2[nH]nc(-c3nc4c([nH]3)CN(C(=O)C3CCNC3)C4)c2c1)c1c(Cl)cncc1Cl. The van der Waals surface area contributed by atoms with Gasteiger partial charge < -0.3 is 19.9 Å². The van der Waals surface area contributed by atoms with Gasteiger partial charge in [0.1, 0.15) is 17.5 Å². The molecule has 0 spiro atoms. The first-order chi connectivity index (χ1) is 17.0. The molecule has 1 aromatic carbocycles. The van der Waals surface area contributed by atoms with E-state index in [4.69, 9.17) is 32.9 Å². The van der Waals surface area contributed by atoms with E-state index in [0.29, 0.717) is 46.0 Å². The van der Waals surface area contributed by atoms with Crippen molar-refractivity contribution >= 4 is 40.0 Å². The topological polar surface area (TPSA) is 112 Å². The van der Waals surface area contributed by atoms with Crippen molar-refractivity contribution in [2.24, 2.45) is 5.92 Å². The molecule has 2 aliphatic rings. The van der Waals surface area contributed by atoms with Gasteiger partial charge >= 0.3 is 0 Å². The smallest absolute Gasteiger partial charge is 0.227 e. The molecule has 1 saturated heterocycles. The number of aromatic amines is 2. The lowest BCUT2D eigenvalue weighted by molar-refractivity contribution is -0.135. The third-order valence-electron chi connectivity index (χ3n) is 6.64. The number of benzene rings is 1. The highest BCUT2D eigenvalue weighted by molar-refractivity contribution is 6.35. The molecule has 6 rings (SSSR count). The van der Waals surface area contributed by atoms with Crippen molar-refractivity contribution in [3.8, 4) is 17.3 Å². The van der Waals surface area contributed by atoms with Crippen LogP contribution >= 0.6 is 23.2 Å². The Labute approximate surface area is 211 Å². The molecule has 35 heavy (non-hydrogen) atoms. The first-order valence-electron chi connectivity index (χ1n) is 11.5.